The summed E-state index contributed by atoms with van der Waals surface area (Å²) in [5, 5.41) is 10.5. The summed E-state index contributed by atoms with van der Waals surface area (Å²) in [6.45, 7) is 0.564. The maximum absolute atomic E-state index is 11.6. The lowest BCUT2D eigenvalue weighted by Crippen LogP contribution is -2.41. The summed E-state index contributed by atoms with van der Waals surface area (Å²) in [6.07, 6.45) is 7.18. The molecule has 1 aliphatic heterocycles. The van der Waals surface area contributed by atoms with E-state index < -0.39 is 5.97 Å². The standard InChI is InChI=1S/C17H20N2O3/c20-17(21)15-9-11-4-1-2-6-14(11)19(15)10-13-8-12-5-3-7-18-16(12)22-13/h3,5,7-8,11,14-15H,1-2,4,6,9-10H2,(H,20,21). The molecule has 4 rings (SSSR count). The lowest BCUT2D eigenvalue weighted by Gasteiger charge is -2.32. The second-order valence-electron chi connectivity index (χ2n) is 6.48. The first-order valence-electron chi connectivity index (χ1n) is 8.04. The van der Waals surface area contributed by atoms with Crippen LogP contribution in [-0.4, -0.2) is 33.0 Å². The summed E-state index contributed by atoms with van der Waals surface area (Å²) in [5.74, 6) is 0.632. The molecule has 1 saturated carbocycles. The summed E-state index contributed by atoms with van der Waals surface area (Å²) < 4.78 is 5.79. The van der Waals surface area contributed by atoms with Crippen LogP contribution in [-0.2, 0) is 11.3 Å². The number of furan rings is 1. The molecule has 1 aliphatic carbocycles. The Morgan fingerprint density at radius 3 is 3.09 bits per heavy atom. The van der Waals surface area contributed by atoms with Gasteiger partial charge in [0, 0.05) is 17.6 Å². The average Bonchev–Trinajstić information content (AvgIpc) is 3.09. The lowest BCUT2D eigenvalue weighted by molar-refractivity contribution is -0.143. The fourth-order valence-electron chi connectivity index (χ4n) is 4.21. The molecular formula is C17H20N2O3. The van der Waals surface area contributed by atoms with Crippen LogP contribution in [0.2, 0.25) is 0 Å². The molecule has 22 heavy (non-hydrogen) atoms. The Morgan fingerprint density at radius 2 is 2.27 bits per heavy atom. The fourth-order valence-corrected chi connectivity index (χ4v) is 4.21. The molecule has 0 bridgehead atoms. The minimum absolute atomic E-state index is 0.380. The highest BCUT2D eigenvalue weighted by molar-refractivity contribution is 5.75. The van der Waals surface area contributed by atoms with Crippen LogP contribution in [0.25, 0.3) is 11.1 Å². The van der Waals surface area contributed by atoms with Gasteiger partial charge in [0.1, 0.15) is 11.8 Å². The quantitative estimate of drug-likeness (QED) is 0.943. The van der Waals surface area contributed by atoms with Crippen LogP contribution in [0.5, 0.6) is 0 Å². The second-order valence-corrected chi connectivity index (χ2v) is 6.48. The van der Waals surface area contributed by atoms with Gasteiger partial charge in [0.05, 0.1) is 6.54 Å². The minimum atomic E-state index is -0.705. The Balaban J connectivity index is 1.62. The van der Waals surface area contributed by atoms with Crippen LogP contribution >= 0.6 is 0 Å². The van der Waals surface area contributed by atoms with Gasteiger partial charge in [-0.25, -0.2) is 4.98 Å². The van der Waals surface area contributed by atoms with E-state index in [2.05, 4.69) is 9.88 Å². The highest BCUT2D eigenvalue weighted by Crippen LogP contribution is 2.40. The predicted octanol–water partition coefficient (Wildman–Crippen LogP) is 3.05. The number of nitrogens with zero attached hydrogens (tertiary/aromatic N) is 2. The third-order valence-corrected chi connectivity index (χ3v) is 5.19. The van der Waals surface area contributed by atoms with Crippen molar-refractivity contribution in [3.8, 4) is 0 Å². The van der Waals surface area contributed by atoms with E-state index in [1.807, 2.05) is 18.2 Å². The molecule has 2 aromatic heterocycles. The Labute approximate surface area is 128 Å². The van der Waals surface area contributed by atoms with Crippen molar-refractivity contribution in [2.24, 2.45) is 5.92 Å². The van der Waals surface area contributed by atoms with Crippen molar-refractivity contribution < 1.29 is 14.3 Å². The van der Waals surface area contributed by atoms with E-state index in [0.717, 1.165) is 30.4 Å². The van der Waals surface area contributed by atoms with Crippen LogP contribution in [0.15, 0.2) is 28.8 Å². The van der Waals surface area contributed by atoms with Crippen LogP contribution in [0.1, 0.15) is 37.9 Å². The van der Waals surface area contributed by atoms with Crippen molar-refractivity contribution in [1.82, 2.24) is 9.88 Å². The minimum Gasteiger partial charge on any atom is -0.480 e. The first kappa shape index (κ1) is 13.8. The summed E-state index contributed by atoms with van der Waals surface area (Å²) in [5.41, 5.74) is 0.628. The number of aromatic nitrogens is 1. The van der Waals surface area contributed by atoms with E-state index in [4.69, 9.17) is 4.42 Å². The van der Waals surface area contributed by atoms with Crippen molar-refractivity contribution >= 4 is 17.1 Å². The van der Waals surface area contributed by atoms with Crippen molar-refractivity contribution in [2.45, 2.75) is 50.7 Å². The van der Waals surface area contributed by atoms with Crippen molar-refractivity contribution in [3.05, 3.63) is 30.2 Å². The van der Waals surface area contributed by atoms with Gasteiger partial charge in [-0.1, -0.05) is 12.8 Å². The third-order valence-electron chi connectivity index (χ3n) is 5.19. The first-order valence-corrected chi connectivity index (χ1v) is 8.04. The molecule has 5 heteroatoms. The third kappa shape index (κ3) is 2.29. The van der Waals surface area contributed by atoms with Crippen LogP contribution in [0.3, 0.4) is 0 Å². The number of hydrogen-bond acceptors (Lipinski definition) is 4. The van der Waals surface area contributed by atoms with Gasteiger partial charge in [0.2, 0.25) is 5.71 Å². The fraction of sp³-hybridized carbons (Fsp3) is 0.529. The van der Waals surface area contributed by atoms with Gasteiger partial charge < -0.3 is 9.52 Å². The molecule has 5 nitrogen and oxygen atoms in total. The molecule has 0 spiro atoms. The summed E-state index contributed by atoms with van der Waals surface area (Å²) in [4.78, 5) is 18.0. The average molecular weight is 300 g/mol. The van der Waals surface area contributed by atoms with Crippen LogP contribution in [0, 0.1) is 5.92 Å². The Hall–Kier alpha value is -1.88. The van der Waals surface area contributed by atoms with Gasteiger partial charge in [0.15, 0.2) is 0 Å². The van der Waals surface area contributed by atoms with E-state index in [0.29, 0.717) is 24.2 Å². The Bertz CT molecular complexity index is 663. The largest absolute Gasteiger partial charge is 0.480 e. The van der Waals surface area contributed by atoms with Crippen molar-refractivity contribution in [3.63, 3.8) is 0 Å². The number of carboxylic acid groups (broad SMARTS) is 1. The molecule has 3 unspecified atom stereocenters. The molecule has 2 aromatic rings. The van der Waals surface area contributed by atoms with E-state index in [9.17, 15) is 9.90 Å². The maximum atomic E-state index is 11.6. The first-order chi connectivity index (χ1) is 10.7. The molecule has 0 aromatic carbocycles. The number of likely N-dealkylation sites (tertiary alicyclic amines) is 1. The zero-order chi connectivity index (χ0) is 15.1. The molecule has 1 N–H and O–H groups in total. The number of pyridine rings is 1. The zero-order valence-corrected chi connectivity index (χ0v) is 12.4. The lowest BCUT2D eigenvalue weighted by atomic mass is 9.85. The maximum Gasteiger partial charge on any atom is 0.320 e. The van der Waals surface area contributed by atoms with E-state index >= 15 is 0 Å². The van der Waals surface area contributed by atoms with E-state index in [1.165, 1.54) is 12.8 Å². The molecule has 2 fully saturated rings. The van der Waals surface area contributed by atoms with Crippen molar-refractivity contribution in [2.75, 3.05) is 0 Å². The number of carboxylic acids is 1. The van der Waals surface area contributed by atoms with Gasteiger partial charge in [-0.05, 0) is 43.4 Å². The summed E-state index contributed by atoms with van der Waals surface area (Å²) >= 11 is 0. The highest BCUT2D eigenvalue weighted by atomic mass is 16.4. The molecule has 116 valence electrons. The number of aliphatic carboxylic acids is 1. The number of rotatable bonds is 3. The molecule has 3 atom stereocenters. The number of hydrogen-bond donors (Lipinski definition) is 1. The van der Waals surface area contributed by atoms with E-state index in [-0.39, 0.29) is 6.04 Å². The molecule has 1 saturated heterocycles. The number of fused-ring (bicyclic) bond motifs is 2. The smallest absolute Gasteiger partial charge is 0.320 e. The predicted molar refractivity (Wildman–Crippen MR) is 81.3 cm³/mol. The normalized spacial score (nSPS) is 28.8. The Kier molecular flexibility index (Phi) is 3.37. The Morgan fingerprint density at radius 1 is 1.41 bits per heavy atom. The summed E-state index contributed by atoms with van der Waals surface area (Å²) in [6, 6.07) is 5.84. The van der Waals surface area contributed by atoms with Gasteiger partial charge >= 0.3 is 5.97 Å². The van der Waals surface area contributed by atoms with Crippen LogP contribution in [0.4, 0.5) is 0 Å². The van der Waals surface area contributed by atoms with Gasteiger partial charge in [-0.2, -0.15) is 0 Å². The molecular weight excluding hydrogens is 280 g/mol. The van der Waals surface area contributed by atoms with Gasteiger partial charge in [-0.15, -0.1) is 0 Å². The van der Waals surface area contributed by atoms with Gasteiger partial charge in [0.25, 0.3) is 0 Å². The molecule has 0 amide bonds. The summed E-state index contributed by atoms with van der Waals surface area (Å²) in [7, 11) is 0. The van der Waals surface area contributed by atoms with Crippen molar-refractivity contribution in [1.29, 1.82) is 0 Å². The second kappa shape index (κ2) is 5.39. The highest BCUT2D eigenvalue weighted by Gasteiger charge is 2.45. The molecule has 2 aliphatic rings. The topological polar surface area (TPSA) is 66.6 Å². The molecule has 3 heterocycles. The van der Waals surface area contributed by atoms with Crippen LogP contribution < -0.4 is 0 Å². The number of carbonyl (C=O) groups is 1. The van der Waals surface area contributed by atoms with E-state index in [1.54, 1.807) is 6.20 Å². The van der Waals surface area contributed by atoms with Gasteiger partial charge in [-0.3, -0.25) is 9.69 Å². The zero-order valence-electron chi connectivity index (χ0n) is 12.4. The monoisotopic (exact) mass is 300 g/mol. The molecule has 0 radical (unpaired) electrons. The SMILES string of the molecule is O=C(O)C1CC2CCCCC2N1Cc1cc2cccnc2o1.